The average Bonchev–Trinajstić information content (AvgIpc) is 2.92. The minimum absolute atomic E-state index is 0.561. The Hall–Kier alpha value is -1.58. The summed E-state index contributed by atoms with van der Waals surface area (Å²) in [6, 6.07) is 2.53. The van der Waals surface area contributed by atoms with E-state index in [0.717, 1.165) is 30.7 Å². The molecule has 0 fully saturated rings. The van der Waals surface area contributed by atoms with Crippen molar-refractivity contribution in [2.45, 2.75) is 39.7 Å². The number of fused-ring (bicyclic) bond motifs is 3. The van der Waals surface area contributed by atoms with Gasteiger partial charge in [0.1, 0.15) is 5.82 Å². The lowest BCUT2D eigenvalue weighted by Crippen LogP contribution is -2.32. The molecule has 2 aromatic heterocycles. The van der Waals surface area contributed by atoms with Gasteiger partial charge in [0.2, 0.25) is 0 Å². The van der Waals surface area contributed by atoms with E-state index in [0.29, 0.717) is 6.04 Å². The lowest BCUT2D eigenvalue weighted by atomic mass is 10.2. The number of nitrogens with zero attached hydrogens (tertiary/aromatic N) is 4. The molecule has 1 unspecified atom stereocenters. The van der Waals surface area contributed by atoms with E-state index < -0.39 is 0 Å². The van der Waals surface area contributed by atoms with Crippen molar-refractivity contribution in [3.05, 3.63) is 23.5 Å². The van der Waals surface area contributed by atoms with Crippen LogP contribution < -0.4 is 4.90 Å². The normalized spacial score (nSPS) is 16.5. The Balaban J connectivity index is 2.24. The molecule has 0 saturated heterocycles. The monoisotopic (exact) mass is 230 g/mol. The van der Waals surface area contributed by atoms with Crippen molar-refractivity contribution in [1.29, 1.82) is 0 Å². The van der Waals surface area contributed by atoms with E-state index in [9.17, 15) is 0 Å². The van der Waals surface area contributed by atoms with Gasteiger partial charge in [0.25, 0.3) is 0 Å². The Bertz CT molecular complexity index is 558. The van der Waals surface area contributed by atoms with E-state index in [-0.39, 0.29) is 0 Å². The van der Waals surface area contributed by atoms with E-state index in [1.165, 1.54) is 11.4 Å². The summed E-state index contributed by atoms with van der Waals surface area (Å²) in [7, 11) is 0. The van der Waals surface area contributed by atoms with Gasteiger partial charge in [0.15, 0.2) is 5.65 Å². The smallest absolute Gasteiger partial charge is 0.157 e. The molecule has 0 bridgehead atoms. The summed E-state index contributed by atoms with van der Waals surface area (Å²) in [5.74, 6) is 1.26. The molecule has 90 valence electrons. The van der Waals surface area contributed by atoms with Gasteiger partial charge in [0, 0.05) is 29.9 Å². The molecule has 2 aromatic rings. The SMILES string of the molecule is CCC(C)N1CCc2c(C)nc3ccnn3c21. The molecule has 0 saturated carbocycles. The largest absolute Gasteiger partial charge is 0.353 e. The van der Waals surface area contributed by atoms with Crippen molar-refractivity contribution in [1.82, 2.24) is 14.6 Å². The maximum Gasteiger partial charge on any atom is 0.157 e. The molecular formula is C13H18N4. The van der Waals surface area contributed by atoms with Gasteiger partial charge in [-0.2, -0.15) is 9.61 Å². The third-order valence-electron chi connectivity index (χ3n) is 3.81. The Labute approximate surface area is 101 Å². The zero-order chi connectivity index (χ0) is 12.0. The summed E-state index contributed by atoms with van der Waals surface area (Å²) in [6.07, 6.45) is 4.08. The van der Waals surface area contributed by atoms with Crippen molar-refractivity contribution in [2.75, 3.05) is 11.4 Å². The predicted octanol–water partition coefficient (Wildman–Crippen LogP) is 2.20. The maximum atomic E-state index is 4.60. The lowest BCUT2D eigenvalue weighted by Gasteiger charge is -2.26. The van der Waals surface area contributed by atoms with E-state index in [1.807, 2.05) is 16.8 Å². The highest BCUT2D eigenvalue weighted by molar-refractivity contribution is 5.60. The second-order valence-corrected chi connectivity index (χ2v) is 4.80. The molecule has 0 aliphatic carbocycles. The molecule has 3 heterocycles. The molecule has 0 aromatic carbocycles. The van der Waals surface area contributed by atoms with Gasteiger partial charge >= 0.3 is 0 Å². The van der Waals surface area contributed by atoms with Crippen molar-refractivity contribution in [3.8, 4) is 0 Å². The molecule has 4 heteroatoms. The zero-order valence-electron chi connectivity index (χ0n) is 10.6. The van der Waals surface area contributed by atoms with Gasteiger partial charge in [-0.25, -0.2) is 4.98 Å². The minimum Gasteiger partial charge on any atom is -0.353 e. The molecule has 3 rings (SSSR count). The average molecular weight is 230 g/mol. The summed E-state index contributed by atoms with van der Waals surface area (Å²) in [6.45, 7) is 7.70. The van der Waals surface area contributed by atoms with E-state index >= 15 is 0 Å². The van der Waals surface area contributed by atoms with Crippen LogP contribution in [0.25, 0.3) is 5.65 Å². The third-order valence-corrected chi connectivity index (χ3v) is 3.81. The number of hydrogen-bond acceptors (Lipinski definition) is 3. The fourth-order valence-corrected chi connectivity index (χ4v) is 2.65. The van der Waals surface area contributed by atoms with Crippen LogP contribution in [-0.4, -0.2) is 27.2 Å². The fourth-order valence-electron chi connectivity index (χ4n) is 2.65. The van der Waals surface area contributed by atoms with Gasteiger partial charge in [-0.3, -0.25) is 0 Å². The molecule has 0 N–H and O–H groups in total. The number of anilines is 1. The molecular weight excluding hydrogens is 212 g/mol. The Morgan fingerprint density at radius 3 is 3.06 bits per heavy atom. The van der Waals surface area contributed by atoms with Gasteiger partial charge < -0.3 is 4.90 Å². The van der Waals surface area contributed by atoms with Crippen LogP contribution in [0.1, 0.15) is 31.5 Å². The number of aromatic nitrogens is 3. The fraction of sp³-hybridized carbons (Fsp3) is 0.538. The second-order valence-electron chi connectivity index (χ2n) is 4.80. The standard InChI is InChI=1S/C13H18N4/c1-4-9(2)16-8-6-11-10(3)15-12-5-7-14-17(12)13(11)16/h5,7,9H,4,6,8H2,1-3H3. The quantitative estimate of drug-likeness (QED) is 0.793. The van der Waals surface area contributed by atoms with E-state index in [2.05, 4.69) is 35.8 Å². The van der Waals surface area contributed by atoms with Gasteiger partial charge in [-0.15, -0.1) is 0 Å². The van der Waals surface area contributed by atoms with Crippen molar-refractivity contribution in [3.63, 3.8) is 0 Å². The van der Waals surface area contributed by atoms with E-state index in [4.69, 9.17) is 0 Å². The number of aryl methyl sites for hydroxylation is 1. The summed E-state index contributed by atoms with van der Waals surface area (Å²) < 4.78 is 1.99. The number of rotatable bonds is 2. The Kier molecular flexibility index (Phi) is 2.31. The van der Waals surface area contributed by atoms with Crippen molar-refractivity contribution < 1.29 is 0 Å². The summed E-state index contributed by atoms with van der Waals surface area (Å²) in [5, 5.41) is 4.41. The molecule has 17 heavy (non-hydrogen) atoms. The minimum atomic E-state index is 0.561. The molecule has 4 nitrogen and oxygen atoms in total. The van der Waals surface area contributed by atoms with E-state index in [1.54, 1.807) is 0 Å². The highest BCUT2D eigenvalue weighted by atomic mass is 15.4. The highest BCUT2D eigenvalue weighted by Crippen LogP contribution is 2.32. The summed E-state index contributed by atoms with van der Waals surface area (Å²) in [5.41, 5.74) is 3.47. The molecule has 1 atom stereocenters. The van der Waals surface area contributed by atoms with Crippen LogP contribution in [0.5, 0.6) is 0 Å². The third kappa shape index (κ3) is 1.43. The van der Waals surface area contributed by atoms with Crippen LogP contribution in [0, 0.1) is 6.92 Å². The van der Waals surface area contributed by atoms with Crippen LogP contribution in [-0.2, 0) is 6.42 Å². The van der Waals surface area contributed by atoms with Crippen molar-refractivity contribution in [2.24, 2.45) is 0 Å². The summed E-state index contributed by atoms with van der Waals surface area (Å²) in [4.78, 5) is 7.06. The first-order valence-corrected chi connectivity index (χ1v) is 6.32. The Morgan fingerprint density at radius 1 is 1.47 bits per heavy atom. The number of hydrogen-bond donors (Lipinski definition) is 0. The Morgan fingerprint density at radius 2 is 2.29 bits per heavy atom. The molecule has 0 spiro atoms. The highest BCUT2D eigenvalue weighted by Gasteiger charge is 2.27. The van der Waals surface area contributed by atoms with Crippen LogP contribution in [0.4, 0.5) is 5.82 Å². The first kappa shape index (κ1) is 10.6. The predicted molar refractivity (Wildman–Crippen MR) is 68.5 cm³/mol. The summed E-state index contributed by atoms with van der Waals surface area (Å²) >= 11 is 0. The zero-order valence-corrected chi connectivity index (χ0v) is 10.6. The lowest BCUT2D eigenvalue weighted by molar-refractivity contribution is 0.623. The molecule has 0 amide bonds. The van der Waals surface area contributed by atoms with Crippen LogP contribution in [0.15, 0.2) is 12.3 Å². The maximum absolute atomic E-state index is 4.60. The molecule has 0 radical (unpaired) electrons. The second kappa shape index (κ2) is 3.72. The van der Waals surface area contributed by atoms with Crippen LogP contribution >= 0.6 is 0 Å². The first-order chi connectivity index (χ1) is 8.22. The van der Waals surface area contributed by atoms with Crippen LogP contribution in [0.2, 0.25) is 0 Å². The van der Waals surface area contributed by atoms with Gasteiger partial charge in [0.05, 0.1) is 6.20 Å². The molecule has 1 aliphatic rings. The van der Waals surface area contributed by atoms with Gasteiger partial charge in [-0.05, 0) is 26.7 Å². The van der Waals surface area contributed by atoms with Crippen LogP contribution in [0.3, 0.4) is 0 Å². The molecule has 1 aliphatic heterocycles. The van der Waals surface area contributed by atoms with Gasteiger partial charge in [-0.1, -0.05) is 6.92 Å². The van der Waals surface area contributed by atoms with Crippen molar-refractivity contribution >= 4 is 11.5 Å². The topological polar surface area (TPSA) is 33.4 Å². The first-order valence-electron chi connectivity index (χ1n) is 6.32.